The normalized spacial score (nSPS) is 15.5. The van der Waals surface area contributed by atoms with E-state index in [-0.39, 0.29) is 11.5 Å². The zero-order valence-electron chi connectivity index (χ0n) is 13.9. The third kappa shape index (κ3) is 3.11. The molecule has 1 amide bonds. The Bertz CT molecular complexity index is 723. The summed E-state index contributed by atoms with van der Waals surface area (Å²) in [6.07, 6.45) is 3.38. The van der Waals surface area contributed by atoms with Crippen molar-refractivity contribution in [1.29, 1.82) is 0 Å². The largest absolute Gasteiger partial charge is 0.496 e. The Kier molecular flexibility index (Phi) is 4.78. The molecule has 2 aromatic rings. The highest BCUT2D eigenvalue weighted by Gasteiger charge is 2.28. The fourth-order valence-corrected chi connectivity index (χ4v) is 3.18. The van der Waals surface area contributed by atoms with Gasteiger partial charge in [0.2, 0.25) is 0 Å². The molecule has 0 spiro atoms. The van der Waals surface area contributed by atoms with Crippen molar-refractivity contribution in [3.05, 3.63) is 41.7 Å². The minimum absolute atomic E-state index is 0.193. The van der Waals surface area contributed by atoms with Crippen LogP contribution in [0.5, 0.6) is 5.75 Å². The van der Waals surface area contributed by atoms with Gasteiger partial charge < -0.3 is 14.2 Å². The average Bonchev–Trinajstić information content (AvgIpc) is 3.10. The zero-order chi connectivity index (χ0) is 17.1. The second kappa shape index (κ2) is 6.98. The molecule has 1 aliphatic heterocycles. The number of hydrogen-bond acceptors (Lipinski definition) is 4. The summed E-state index contributed by atoms with van der Waals surface area (Å²) in [6.45, 7) is 4.11. The standard InChI is InChI=1S/C17H21FN4O2/c1-3-21-11-19-20-16(21)12-6-8-22(9-7-12)17(23)14-10-13(18)4-5-15(14)24-2/h4-5,10-12H,3,6-9H2,1-2H3. The minimum Gasteiger partial charge on any atom is -0.496 e. The molecule has 0 radical (unpaired) electrons. The minimum atomic E-state index is -0.440. The molecule has 1 aromatic heterocycles. The quantitative estimate of drug-likeness (QED) is 0.863. The molecule has 3 rings (SSSR count). The number of ether oxygens (including phenoxy) is 1. The summed E-state index contributed by atoms with van der Waals surface area (Å²) < 4.78 is 20.7. The second-order valence-corrected chi connectivity index (χ2v) is 5.89. The lowest BCUT2D eigenvalue weighted by molar-refractivity contribution is 0.0706. The van der Waals surface area contributed by atoms with Crippen LogP contribution in [-0.4, -0.2) is 45.8 Å². The van der Waals surface area contributed by atoms with Crippen molar-refractivity contribution >= 4 is 5.91 Å². The number of methoxy groups -OCH3 is 1. The smallest absolute Gasteiger partial charge is 0.257 e. The molecule has 0 N–H and O–H groups in total. The summed E-state index contributed by atoms with van der Waals surface area (Å²) in [6, 6.07) is 4.01. The van der Waals surface area contributed by atoms with Gasteiger partial charge in [-0.3, -0.25) is 4.79 Å². The number of halogens is 1. The van der Waals surface area contributed by atoms with Gasteiger partial charge in [-0.2, -0.15) is 0 Å². The molecule has 6 nitrogen and oxygen atoms in total. The Labute approximate surface area is 140 Å². The second-order valence-electron chi connectivity index (χ2n) is 5.89. The summed E-state index contributed by atoms with van der Waals surface area (Å²) in [5, 5.41) is 8.19. The maximum Gasteiger partial charge on any atom is 0.257 e. The lowest BCUT2D eigenvalue weighted by Crippen LogP contribution is -2.38. The van der Waals surface area contributed by atoms with Crippen LogP contribution in [0.4, 0.5) is 4.39 Å². The maximum absolute atomic E-state index is 13.5. The van der Waals surface area contributed by atoms with E-state index in [0.717, 1.165) is 25.2 Å². The molecule has 1 aromatic carbocycles. The third-order valence-corrected chi connectivity index (χ3v) is 4.53. The Morgan fingerprint density at radius 3 is 2.79 bits per heavy atom. The van der Waals surface area contributed by atoms with Crippen molar-refractivity contribution < 1.29 is 13.9 Å². The van der Waals surface area contributed by atoms with Gasteiger partial charge in [0.25, 0.3) is 5.91 Å². The highest BCUT2D eigenvalue weighted by atomic mass is 19.1. The van der Waals surface area contributed by atoms with Crippen LogP contribution in [-0.2, 0) is 6.54 Å². The van der Waals surface area contributed by atoms with Crippen molar-refractivity contribution in [3.8, 4) is 5.75 Å². The van der Waals surface area contributed by atoms with Crippen LogP contribution in [0.25, 0.3) is 0 Å². The van der Waals surface area contributed by atoms with Crippen LogP contribution < -0.4 is 4.74 Å². The topological polar surface area (TPSA) is 60.2 Å². The van der Waals surface area contributed by atoms with Gasteiger partial charge in [0.15, 0.2) is 0 Å². The van der Waals surface area contributed by atoms with Crippen LogP contribution in [0.3, 0.4) is 0 Å². The lowest BCUT2D eigenvalue weighted by Gasteiger charge is -2.32. The summed E-state index contributed by atoms with van der Waals surface area (Å²) in [7, 11) is 1.48. The molecule has 7 heteroatoms. The van der Waals surface area contributed by atoms with E-state index in [0.29, 0.717) is 24.8 Å². The van der Waals surface area contributed by atoms with Gasteiger partial charge in [-0.05, 0) is 38.0 Å². The van der Waals surface area contributed by atoms with Gasteiger partial charge >= 0.3 is 0 Å². The predicted molar refractivity (Wildman–Crippen MR) is 86.5 cm³/mol. The summed E-state index contributed by atoms with van der Waals surface area (Å²) >= 11 is 0. The van der Waals surface area contributed by atoms with E-state index in [1.165, 1.54) is 25.3 Å². The highest BCUT2D eigenvalue weighted by Crippen LogP contribution is 2.29. The molecule has 24 heavy (non-hydrogen) atoms. The van der Waals surface area contributed by atoms with Crippen molar-refractivity contribution in [1.82, 2.24) is 19.7 Å². The van der Waals surface area contributed by atoms with E-state index < -0.39 is 5.82 Å². The van der Waals surface area contributed by atoms with Crippen LogP contribution >= 0.6 is 0 Å². The SMILES string of the molecule is CCn1cnnc1C1CCN(C(=O)c2cc(F)ccc2OC)CC1. The van der Waals surface area contributed by atoms with Crippen molar-refractivity contribution in [3.63, 3.8) is 0 Å². The molecule has 0 aliphatic carbocycles. The van der Waals surface area contributed by atoms with Gasteiger partial charge in [0.1, 0.15) is 23.7 Å². The van der Waals surface area contributed by atoms with E-state index in [1.807, 2.05) is 4.57 Å². The first-order chi connectivity index (χ1) is 11.6. The zero-order valence-corrected chi connectivity index (χ0v) is 13.9. The number of benzene rings is 1. The number of piperidine rings is 1. The van der Waals surface area contributed by atoms with Gasteiger partial charge in [0.05, 0.1) is 12.7 Å². The van der Waals surface area contributed by atoms with Crippen LogP contribution in [0.2, 0.25) is 0 Å². The molecule has 0 atom stereocenters. The molecule has 1 fully saturated rings. The molecule has 1 saturated heterocycles. The summed E-state index contributed by atoms with van der Waals surface area (Å²) in [5.41, 5.74) is 0.271. The first-order valence-electron chi connectivity index (χ1n) is 8.14. The fraction of sp³-hybridized carbons (Fsp3) is 0.471. The average molecular weight is 332 g/mol. The number of aryl methyl sites for hydroxylation is 1. The number of carbonyl (C=O) groups excluding carboxylic acids is 1. The first-order valence-corrected chi connectivity index (χ1v) is 8.14. The van der Waals surface area contributed by atoms with Gasteiger partial charge in [-0.15, -0.1) is 10.2 Å². The molecule has 2 heterocycles. The van der Waals surface area contributed by atoms with Gasteiger partial charge in [-0.1, -0.05) is 0 Å². The molecule has 128 valence electrons. The van der Waals surface area contributed by atoms with Gasteiger partial charge in [-0.25, -0.2) is 4.39 Å². The molecule has 0 bridgehead atoms. The molecule has 0 saturated carbocycles. The third-order valence-electron chi connectivity index (χ3n) is 4.53. The van der Waals surface area contributed by atoms with E-state index in [1.54, 1.807) is 11.2 Å². The van der Waals surface area contributed by atoms with Crippen LogP contribution in [0, 0.1) is 5.82 Å². The number of carbonyl (C=O) groups is 1. The number of nitrogens with zero attached hydrogens (tertiary/aromatic N) is 4. The Balaban J connectivity index is 1.71. The van der Waals surface area contributed by atoms with Crippen molar-refractivity contribution in [2.45, 2.75) is 32.2 Å². The number of aromatic nitrogens is 3. The fourth-order valence-electron chi connectivity index (χ4n) is 3.18. The summed E-state index contributed by atoms with van der Waals surface area (Å²) in [4.78, 5) is 14.4. The molecular formula is C17H21FN4O2. The summed E-state index contributed by atoms with van der Waals surface area (Å²) in [5.74, 6) is 1.04. The van der Waals surface area contributed by atoms with E-state index in [2.05, 4.69) is 17.1 Å². The number of hydrogen-bond donors (Lipinski definition) is 0. The predicted octanol–water partition coefficient (Wildman–Crippen LogP) is 2.47. The molecule has 0 unspecified atom stereocenters. The maximum atomic E-state index is 13.5. The van der Waals surface area contributed by atoms with Gasteiger partial charge in [0, 0.05) is 25.6 Å². The van der Waals surface area contributed by atoms with E-state index in [9.17, 15) is 9.18 Å². The monoisotopic (exact) mass is 332 g/mol. The Morgan fingerprint density at radius 1 is 1.38 bits per heavy atom. The lowest BCUT2D eigenvalue weighted by atomic mass is 9.95. The van der Waals surface area contributed by atoms with Crippen molar-refractivity contribution in [2.75, 3.05) is 20.2 Å². The molecule has 1 aliphatic rings. The van der Waals surface area contributed by atoms with E-state index >= 15 is 0 Å². The number of likely N-dealkylation sites (tertiary alicyclic amines) is 1. The Morgan fingerprint density at radius 2 is 2.12 bits per heavy atom. The first kappa shape index (κ1) is 16.4. The van der Waals surface area contributed by atoms with Crippen LogP contribution in [0.1, 0.15) is 41.9 Å². The van der Waals surface area contributed by atoms with Crippen LogP contribution in [0.15, 0.2) is 24.5 Å². The van der Waals surface area contributed by atoms with E-state index in [4.69, 9.17) is 4.74 Å². The number of rotatable bonds is 4. The molecular weight excluding hydrogens is 311 g/mol. The Hall–Kier alpha value is -2.44. The van der Waals surface area contributed by atoms with Crippen molar-refractivity contribution in [2.24, 2.45) is 0 Å². The number of amides is 1. The highest BCUT2D eigenvalue weighted by molar-refractivity contribution is 5.97.